The van der Waals surface area contributed by atoms with Crippen molar-refractivity contribution in [2.24, 2.45) is 5.92 Å². The minimum Gasteiger partial charge on any atom is -0.353 e. The average molecular weight is 275 g/mol. The lowest BCUT2D eigenvalue weighted by Gasteiger charge is -2.29. The molecule has 2 N–H and O–H groups in total. The maximum Gasteiger partial charge on any atom is 0.220 e. The molecular weight excluding hydrogens is 248 g/mol. The summed E-state index contributed by atoms with van der Waals surface area (Å²) in [4.78, 5) is 11.9. The molecule has 18 heavy (non-hydrogen) atoms. The van der Waals surface area contributed by atoms with Crippen molar-refractivity contribution in [1.29, 1.82) is 0 Å². The van der Waals surface area contributed by atoms with Crippen molar-refractivity contribution in [3.05, 3.63) is 0 Å². The molecule has 2 bridgehead atoms. The molecule has 2 saturated heterocycles. The predicted molar refractivity (Wildman–Crippen MR) is 77.0 cm³/mol. The first-order valence-corrected chi connectivity index (χ1v) is 7.26. The third kappa shape index (κ3) is 4.13. The van der Waals surface area contributed by atoms with E-state index in [0.717, 1.165) is 19.3 Å². The molecule has 2 atom stereocenters. The highest BCUT2D eigenvalue weighted by Gasteiger charge is 2.34. The van der Waals surface area contributed by atoms with Crippen molar-refractivity contribution in [2.75, 3.05) is 0 Å². The van der Waals surface area contributed by atoms with Gasteiger partial charge in [0.15, 0.2) is 0 Å². The molecular formula is C14H27ClN2O. The van der Waals surface area contributed by atoms with Crippen LogP contribution in [0.15, 0.2) is 0 Å². The summed E-state index contributed by atoms with van der Waals surface area (Å²) in [7, 11) is 0. The smallest absolute Gasteiger partial charge is 0.220 e. The first-order chi connectivity index (χ1) is 8.21. The summed E-state index contributed by atoms with van der Waals surface area (Å²) in [6.07, 6.45) is 7.86. The minimum absolute atomic E-state index is 0. The highest BCUT2D eigenvalue weighted by Crippen LogP contribution is 2.32. The van der Waals surface area contributed by atoms with E-state index in [1.165, 1.54) is 25.7 Å². The zero-order valence-electron chi connectivity index (χ0n) is 11.6. The average Bonchev–Trinajstić information content (AvgIpc) is 2.65. The highest BCUT2D eigenvalue weighted by atomic mass is 35.5. The molecule has 2 unspecified atom stereocenters. The maximum absolute atomic E-state index is 11.9. The Balaban J connectivity index is 0.00000162. The number of hydrogen-bond acceptors (Lipinski definition) is 2. The maximum atomic E-state index is 11.9. The van der Waals surface area contributed by atoms with Crippen molar-refractivity contribution in [3.8, 4) is 0 Å². The number of amides is 1. The summed E-state index contributed by atoms with van der Waals surface area (Å²) < 4.78 is 0. The van der Waals surface area contributed by atoms with Gasteiger partial charge in [0.1, 0.15) is 0 Å². The molecule has 0 radical (unpaired) electrons. The molecule has 2 aliphatic heterocycles. The van der Waals surface area contributed by atoms with E-state index in [2.05, 4.69) is 24.5 Å². The molecule has 2 heterocycles. The van der Waals surface area contributed by atoms with E-state index in [-0.39, 0.29) is 18.3 Å². The van der Waals surface area contributed by atoms with Crippen LogP contribution in [-0.4, -0.2) is 24.0 Å². The number of hydrogen-bond donors (Lipinski definition) is 2. The third-order valence-electron chi connectivity index (χ3n) is 4.40. The molecule has 2 fully saturated rings. The van der Waals surface area contributed by atoms with Gasteiger partial charge in [-0.15, -0.1) is 12.4 Å². The number of nitrogens with one attached hydrogen (secondary N) is 2. The Morgan fingerprint density at radius 1 is 1.22 bits per heavy atom. The standard InChI is InChI=1S/C14H26N2O.ClH/c1-3-11(4-2)16-14(17)9-10-7-12-5-6-13(8-10)15-12;/h10-13,15H,3-9H2,1-2H3,(H,16,17);1H. The molecule has 0 aromatic carbocycles. The number of carbonyl (C=O) groups is 1. The largest absolute Gasteiger partial charge is 0.353 e. The normalized spacial score (nSPS) is 30.1. The van der Waals surface area contributed by atoms with Gasteiger partial charge in [-0.3, -0.25) is 4.79 Å². The molecule has 0 aromatic heterocycles. The lowest BCUT2D eigenvalue weighted by molar-refractivity contribution is -0.123. The Morgan fingerprint density at radius 2 is 1.78 bits per heavy atom. The van der Waals surface area contributed by atoms with Crippen LogP contribution in [-0.2, 0) is 4.79 Å². The fraction of sp³-hybridized carbons (Fsp3) is 0.929. The van der Waals surface area contributed by atoms with Gasteiger partial charge < -0.3 is 10.6 Å². The zero-order chi connectivity index (χ0) is 12.3. The Hall–Kier alpha value is -0.280. The van der Waals surface area contributed by atoms with Gasteiger partial charge in [-0.2, -0.15) is 0 Å². The quantitative estimate of drug-likeness (QED) is 0.809. The molecule has 0 spiro atoms. The second-order valence-electron chi connectivity index (χ2n) is 5.76. The van der Waals surface area contributed by atoms with Gasteiger partial charge in [0.2, 0.25) is 5.91 Å². The fourth-order valence-electron chi connectivity index (χ4n) is 3.38. The summed E-state index contributed by atoms with van der Waals surface area (Å²) in [6.45, 7) is 4.28. The van der Waals surface area contributed by atoms with Crippen molar-refractivity contribution < 1.29 is 4.79 Å². The Bertz CT molecular complexity index is 257. The lowest BCUT2D eigenvalue weighted by atomic mass is 9.89. The van der Waals surface area contributed by atoms with Crippen LogP contribution in [0, 0.1) is 5.92 Å². The van der Waals surface area contributed by atoms with Crippen molar-refractivity contribution in [3.63, 3.8) is 0 Å². The Morgan fingerprint density at radius 3 is 2.28 bits per heavy atom. The molecule has 0 aromatic rings. The summed E-state index contributed by atoms with van der Waals surface area (Å²) in [5.41, 5.74) is 0. The van der Waals surface area contributed by atoms with E-state index in [9.17, 15) is 4.79 Å². The predicted octanol–water partition coefficient (Wildman–Crippen LogP) is 2.63. The highest BCUT2D eigenvalue weighted by molar-refractivity contribution is 5.85. The lowest BCUT2D eigenvalue weighted by Crippen LogP contribution is -2.41. The SMILES string of the molecule is CCC(CC)NC(=O)CC1CC2CCC(C1)N2.Cl. The number of rotatable bonds is 5. The number of halogens is 1. The van der Waals surface area contributed by atoms with Crippen LogP contribution >= 0.6 is 12.4 Å². The van der Waals surface area contributed by atoms with Crippen molar-refractivity contribution in [1.82, 2.24) is 10.6 Å². The van der Waals surface area contributed by atoms with Gasteiger partial charge in [-0.05, 0) is 44.4 Å². The summed E-state index contributed by atoms with van der Waals surface area (Å²) >= 11 is 0. The second kappa shape index (κ2) is 7.34. The van der Waals surface area contributed by atoms with E-state index >= 15 is 0 Å². The van der Waals surface area contributed by atoms with Crippen LogP contribution in [0.3, 0.4) is 0 Å². The van der Waals surface area contributed by atoms with E-state index in [1.807, 2.05) is 0 Å². The molecule has 4 heteroatoms. The molecule has 2 rings (SSSR count). The van der Waals surface area contributed by atoms with Crippen LogP contribution in [0.2, 0.25) is 0 Å². The van der Waals surface area contributed by atoms with Gasteiger partial charge in [0, 0.05) is 24.5 Å². The number of piperidine rings is 1. The van der Waals surface area contributed by atoms with Crippen molar-refractivity contribution >= 4 is 18.3 Å². The number of fused-ring (bicyclic) bond motifs is 2. The molecule has 0 aliphatic carbocycles. The minimum atomic E-state index is 0. The summed E-state index contributed by atoms with van der Waals surface area (Å²) in [6, 6.07) is 1.76. The fourth-order valence-corrected chi connectivity index (χ4v) is 3.38. The first-order valence-electron chi connectivity index (χ1n) is 7.26. The summed E-state index contributed by atoms with van der Waals surface area (Å²) in [5, 5.41) is 6.78. The molecule has 1 amide bonds. The van der Waals surface area contributed by atoms with Crippen LogP contribution < -0.4 is 10.6 Å². The third-order valence-corrected chi connectivity index (χ3v) is 4.40. The van der Waals surface area contributed by atoms with Crippen LogP contribution in [0.4, 0.5) is 0 Å². The second-order valence-corrected chi connectivity index (χ2v) is 5.76. The Kier molecular flexibility index (Phi) is 6.44. The molecule has 3 nitrogen and oxygen atoms in total. The summed E-state index contributed by atoms with van der Waals surface area (Å²) in [5.74, 6) is 0.883. The van der Waals surface area contributed by atoms with E-state index in [1.54, 1.807) is 0 Å². The topological polar surface area (TPSA) is 41.1 Å². The molecule has 0 saturated carbocycles. The van der Waals surface area contributed by atoms with Gasteiger partial charge in [-0.25, -0.2) is 0 Å². The monoisotopic (exact) mass is 274 g/mol. The molecule has 106 valence electrons. The van der Waals surface area contributed by atoms with Crippen LogP contribution in [0.25, 0.3) is 0 Å². The Labute approximate surface area is 117 Å². The van der Waals surface area contributed by atoms with E-state index < -0.39 is 0 Å². The first kappa shape index (κ1) is 15.8. The molecule has 2 aliphatic rings. The van der Waals surface area contributed by atoms with Gasteiger partial charge in [0.25, 0.3) is 0 Å². The zero-order valence-corrected chi connectivity index (χ0v) is 12.4. The van der Waals surface area contributed by atoms with Crippen LogP contribution in [0.1, 0.15) is 58.8 Å². The van der Waals surface area contributed by atoms with E-state index in [0.29, 0.717) is 24.0 Å². The number of carbonyl (C=O) groups excluding carboxylic acids is 1. The van der Waals surface area contributed by atoms with Crippen LogP contribution in [0.5, 0.6) is 0 Å². The van der Waals surface area contributed by atoms with Gasteiger partial charge in [-0.1, -0.05) is 13.8 Å². The van der Waals surface area contributed by atoms with Crippen molar-refractivity contribution in [2.45, 2.75) is 76.9 Å². The van der Waals surface area contributed by atoms with Gasteiger partial charge >= 0.3 is 0 Å². The van der Waals surface area contributed by atoms with E-state index in [4.69, 9.17) is 0 Å². The van der Waals surface area contributed by atoms with Gasteiger partial charge in [0.05, 0.1) is 0 Å².